The van der Waals surface area contributed by atoms with Crippen molar-refractivity contribution in [3.05, 3.63) is 0 Å². The van der Waals surface area contributed by atoms with Crippen LogP contribution >= 0.6 is 64.8 Å². The highest BCUT2D eigenvalue weighted by Gasteiger charge is 2.25. The zero-order chi connectivity index (χ0) is 6.81. The molecule has 58 valence electrons. The Morgan fingerprint density at radius 3 is 1.50 bits per heavy atom. The lowest BCUT2D eigenvalue weighted by molar-refractivity contribution is 1.45. The van der Waals surface area contributed by atoms with Gasteiger partial charge in [-0.25, -0.2) is 0 Å². The SMILES string of the molecule is C1SSC1SSC1CSS1. The van der Waals surface area contributed by atoms with Gasteiger partial charge in [0.25, 0.3) is 0 Å². The van der Waals surface area contributed by atoms with E-state index in [1.54, 1.807) is 0 Å². The summed E-state index contributed by atoms with van der Waals surface area (Å²) in [5.41, 5.74) is 0. The molecule has 2 heterocycles. The predicted octanol–water partition coefficient (Wildman–Crippen LogP) is 3.81. The van der Waals surface area contributed by atoms with Crippen LogP contribution < -0.4 is 0 Å². The Bertz CT molecular complexity index is 94.3. The fourth-order valence-electron chi connectivity index (χ4n) is 0.459. The summed E-state index contributed by atoms with van der Waals surface area (Å²) in [6.45, 7) is 0. The molecule has 0 amide bonds. The van der Waals surface area contributed by atoms with Crippen LogP contribution in [0.2, 0.25) is 0 Å². The first kappa shape index (κ1) is 8.69. The van der Waals surface area contributed by atoms with Crippen molar-refractivity contribution in [3.63, 3.8) is 0 Å². The topological polar surface area (TPSA) is 0 Å². The molecular formula is C4H6S6. The van der Waals surface area contributed by atoms with E-state index >= 15 is 0 Å². The van der Waals surface area contributed by atoms with Crippen LogP contribution in [0.15, 0.2) is 0 Å². The van der Waals surface area contributed by atoms with Gasteiger partial charge in [0.15, 0.2) is 0 Å². The van der Waals surface area contributed by atoms with Gasteiger partial charge >= 0.3 is 0 Å². The lowest BCUT2D eigenvalue weighted by Gasteiger charge is -2.27. The molecule has 2 atom stereocenters. The normalized spacial score (nSPS) is 38.4. The van der Waals surface area contributed by atoms with E-state index in [0.29, 0.717) is 0 Å². The minimum Gasteiger partial charge on any atom is -0.0909 e. The molecule has 0 aliphatic carbocycles. The minimum atomic E-state index is 0.890. The lowest BCUT2D eigenvalue weighted by atomic mass is 10.9. The first-order chi connectivity index (χ1) is 4.95. The Morgan fingerprint density at radius 1 is 0.900 bits per heavy atom. The van der Waals surface area contributed by atoms with Gasteiger partial charge in [0.2, 0.25) is 0 Å². The van der Waals surface area contributed by atoms with Crippen LogP contribution in [0.3, 0.4) is 0 Å². The van der Waals surface area contributed by atoms with Crippen molar-refractivity contribution in [2.45, 2.75) is 9.16 Å². The number of hydrogen-bond donors (Lipinski definition) is 0. The summed E-state index contributed by atoms with van der Waals surface area (Å²) < 4.78 is 1.78. The highest BCUT2D eigenvalue weighted by atomic mass is 33.2. The summed E-state index contributed by atoms with van der Waals surface area (Å²) >= 11 is 0. The fourth-order valence-corrected chi connectivity index (χ4v) is 10.3. The standard InChI is InChI=1S/C4H6S6/c1-3(7-5-1)9-10-4-2-6-8-4/h3-4H,1-2H2. The average molecular weight is 246 g/mol. The monoisotopic (exact) mass is 246 g/mol. The average Bonchev–Trinajstić information content (AvgIpc) is 1.70. The van der Waals surface area contributed by atoms with Gasteiger partial charge in [-0.2, -0.15) is 0 Å². The van der Waals surface area contributed by atoms with Crippen LogP contribution in [0.4, 0.5) is 0 Å². The summed E-state index contributed by atoms with van der Waals surface area (Å²) in [4.78, 5) is 0. The largest absolute Gasteiger partial charge is 0.0909 e. The molecule has 2 saturated heterocycles. The molecule has 0 aromatic heterocycles. The molecule has 0 aromatic carbocycles. The van der Waals surface area contributed by atoms with Crippen LogP contribution in [0.5, 0.6) is 0 Å². The van der Waals surface area contributed by atoms with E-state index in [1.807, 2.05) is 43.2 Å². The maximum absolute atomic E-state index is 2.07. The van der Waals surface area contributed by atoms with Crippen LogP contribution in [0.25, 0.3) is 0 Å². The molecule has 2 unspecified atom stereocenters. The third kappa shape index (κ3) is 2.29. The highest BCUT2D eigenvalue weighted by Crippen LogP contribution is 2.56. The molecular weight excluding hydrogens is 240 g/mol. The zero-order valence-corrected chi connectivity index (χ0v) is 9.92. The second-order valence-corrected chi connectivity index (χ2v) is 10.3. The number of hydrogen-bond acceptors (Lipinski definition) is 6. The molecule has 0 N–H and O–H groups in total. The van der Waals surface area contributed by atoms with E-state index in [-0.39, 0.29) is 0 Å². The summed E-state index contributed by atoms with van der Waals surface area (Å²) in [6, 6.07) is 0. The molecule has 0 aromatic rings. The Kier molecular flexibility index (Phi) is 3.79. The molecule has 2 fully saturated rings. The van der Waals surface area contributed by atoms with Crippen molar-refractivity contribution >= 4 is 64.8 Å². The molecule has 0 spiro atoms. The Labute approximate surface area is 84.8 Å². The van der Waals surface area contributed by atoms with Crippen LogP contribution in [0, 0.1) is 0 Å². The third-order valence-electron chi connectivity index (χ3n) is 1.03. The molecule has 0 radical (unpaired) electrons. The van der Waals surface area contributed by atoms with Gasteiger partial charge < -0.3 is 0 Å². The van der Waals surface area contributed by atoms with Gasteiger partial charge in [-0.05, 0) is 0 Å². The summed E-state index contributed by atoms with van der Waals surface area (Å²) in [5.74, 6) is 2.71. The second-order valence-electron chi connectivity index (χ2n) is 1.81. The Hall–Kier alpha value is 2.10. The highest BCUT2D eigenvalue weighted by molar-refractivity contribution is 8.92. The van der Waals surface area contributed by atoms with E-state index in [9.17, 15) is 0 Å². The quantitative estimate of drug-likeness (QED) is 0.690. The van der Waals surface area contributed by atoms with E-state index < -0.39 is 0 Å². The van der Waals surface area contributed by atoms with Gasteiger partial charge in [0.1, 0.15) is 0 Å². The zero-order valence-electron chi connectivity index (χ0n) is 5.02. The molecule has 0 saturated carbocycles. The summed E-state index contributed by atoms with van der Waals surface area (Å²) in [7, 11) is 12.2. The van der Waals surface area contributed by atoms with Crippen molar-refractivity contribution in [1.82, 2.24) is 0 Å². The lowest BCUT2D eigenvalue weighted by Crippen LogP contribution is -2.10. The molecule has 0 bridgehead atoms. The number of rotatable bonds is 3. The molecule has 6 heteroatoms. The molecule has 2 aliphatic rings. The Balaban J connectivity index is 1.54. The Morgan fingerprint density at radius 2 is 1.30 bits per heavy atom. The van der Waals surface area contributed by atoms with Crippen LogP contribution in [-0.4, -0.2) is 20.7 Å². The fraction of sp³-hybridized carbons (Fsp3) is 1.00. The molecule has 2 aliphatic heterocycles. The minimum absolute atomic E-state index is 0.890. The van der Waals surface area contributed by atoms with Crippen molar-refractivity contribution in [2.24, 2.45) is 0 Å². The smallest absolute Gasteiger partial charge is 0.0808 e. The maximum Gasteiger partial charge on any atom is 0.0808 e. The van der Waals surface area contributed by atoms with E-state index in [1.165, 1.54) is 11.5 Å². The first-order valence-corrected chi connectivity index (χ1v) is 9.88. The predicted molar refractivity (Wildman–Crippen MR) is 62.9 cm³/mol. The van der Waals surface area contributed by atoms with Gasteiger partial charge in [-0.3, -0.25) is 0 Å². The van der Waals surface area contributed by atoms with Crippen LogP contribution in [0.1, 0.15) is 0 Å². The van der Waals surface area contributed by atoms with Gasteiger partial charge in [-0.15, -0.1) is 0 Å². The maximum atomic E-state index is 2.07. The van der Waals surface area contributed by atoms with Gasteiger partial charge in [0, 0.05) is 11.5 Å². The van der Waals surface area contributed by atoms with Crippen LogP contribution in [-0.2, 0) is 0 Å². The molecule has 10 heavy (non-hydrogen) atoms. The second kappa shape index (κ2) is 4.37. The van der Waals surface area contributed by atoms with Crippen molar-refractivity contribution < 1.29 is 0 Å². The molecule has 0 nitrogen and oxygen atoms in total. The van der Waals surface area contributed by atoms with Crippen molar-refractivity contribution in [2.75, 3.05) is 11.5 Å². The first-order valence-electron chi connectivity index (χ1n) is 2.84. The van der Waals surface area contributed by atoms with Crippen molar-refractivity contribution in [3.8, 4) is 0 Å². The van der Waals surface area contributed by atoms with Gasteiger partial charge in [0.05, 0.1) is 9.16 Å². The van der Waals surface area contributed by atoms with Crippen molar-refractivity contribution in [1.29, 1.82) is 0 Å². The third-order valence-corrected chi connectivity index (χ3v) is 12.1. The van der Waals surface area contributed by atoms with Gasteiger partial charge in [-0.1, -0.05) is 64.8 Å². The van der Waals surface area contributed by atoms with E-state index in [4.69, 9.17) is 0 Å². The summed E-state index contributed by atoms with van der Waals surface area (Å²) in [5, 5.41) is 0. The van der Waals surface area contributed by atoms with E-state index in [0.717, 1.165) is 9.16 Å². The molecule has 2 rings (SSSR count). The summed E-state index contributed by atoms with van der Waals surface area (Å²) in [6.07, 6.45) is 0. The van der Waals surface area contributed by atoms with E-state index in [2.05, 4.69) is 21.6 Å².